The molecule has 2 aliphatic rings. The Morgan fingerprint density at radius 3 is 2.55 bits per heavy atom. The van der Waals surface area contributed by atoms with E-state index in [1.807, 2.05) is 4.90 Å². The number of halogens is 1. The molecule has 1 aromatic heterocycles. The van der Waals surface area contributed by atoms with E-state index in [1.54, 1.807) is 16.8 Å². The van der Waals surface area contributed by atoms with Crippen molar-refractivity contribution in [3.05, 3.63) is 52.6 Å². The number of carboxylic acid groups (broad SMARTS) is 1. The van der Waals surface area contributed by atoms with E-state index in [2.05, 4.69) is 11.2 Å². The largest absolute Gasteiger partial charge is 0.481 e. The van der Waals surface area contributed by atoms with Crippen LogP contribution >= 0.6 is 0 Å². The van der Waals surface area contributed by atoms with Gasteiger partial charge in [0.1, 0.15) is 11.9 Å². The van der Waals surface area contributed by atoms with Crippen LogP contribution in [-0.2, 0) is 29.1 Å². The first-order valence-electron chi connectivity index (χ1n) is 10.7. The number of benzene rings is 1. The van der Waals surface area contributed by atoms with Crippen molar-refractivity contribution < 1.29 is 19.1 Å². The minimum absolute atomic E-state index is 0.0671. The van der Waals surface area contributed by atoms with Crippen LogP contribution in [0, 0.1) is 29.0 Å². The van der Waals surface area contributed by atoms with Crippen LogP contribution in [-0.4, -0.2) is 38.2 Å². The van der Waals surface area contributed by atoms with Crippen molar-refractivity contribution in [1.82, 2.24) is 14.7 Å². The predicted octanol–water partition coefficient (Wildman–Crippen LogP) is 3.11. The molecule has 8 heteroatoms. The lowest BCUT2D eigenvalue weighted by Gasteiger charge is -2.31. The Kier molecular flexibility index (Phi) is 6.03. The summed E-state index contributed by atoms with van der Waals surface area (Å²) < 4.78 is 15.0. The second-order valence-corrected chi connectivity index (χ2v) is 8.50. The number of carbonyl (C=O) groups is 2. The summed E-state index contributed by atoms with van der Waals surface area (Å²) >= 11 is 0. The SMILES string of the molecule is N#Cc1nn(Cc2ccc(F)cc2)c2c1CCN(C(=O)C[C@H]1CC[C@H](C(=O)O)CC1)C2. The highest BCUT2D eigenvalue weighted by molar-refractivity contribution is 5.77. The van der Waals surface area contributed by atoms with Gasteiger partial charge in [0.15, 0.2) is 5.69 Å². The molecule has 0 atom stereocenters. The van der Waals surface area contributed by atoms with Gasteiger partial charge in [0.25, 0.3) is 0 Å². The zero-order chi connectivity index (χ0) is 22.0. The number of carbonyl (C=O) groups excluding carboxylic acids is 1. The highest BCUT2D eigenvalue weighted by atomic mass is 19.1. The molecule has 2 aromatic rings. The number of nitriles is 1. The third-order valence-electron chi connectivity index (χ3n) is 6.50. The molecule has 1 aromatic carbocycles. The van der Waals surface area contributed by atoms with Crippen LogP contribution in [0.15, 0.2) is 24.3 Å². The van der Waals surface area contributed by atoms with Gasteiger partial charge in [0.05, 0.1) is 24.7 Å². The van der Waals surface area contributed by atoms with Crippen LogP contribution in [0.4, 0.5) is 4.39 Å². The van der Waals surface area contributed by atoms with Gasteiger partial charge in [-0.1, -0.05) is 12.1 Å². The summed E-state index contributed by atoms with van der Waals surface area (Å²) in [6.07, 6.45) is 3.81. The molecular weight excluding hydrogens is 399 g/mol. The van der Waals surface area contributed by atoms with E-state index in [9.17, 15) is 19.2 Å². The summed E-state index contributed by atoms with van der Waals surface area (Å²) in [5, 5.41) is 23.0. The second kappa shape index (κ2) is 8.88. The van der Waals surface area contributed by atoms with Gasteiger partial charge in [0.2, 0.25) is 5.91 Å². The molecule has 31 heavy (non-hydrogen) atoms. The minimum Gasteiger partial charge on any atom is -0.481 e. The molecule has 4 rings (SSSR count). The summed E-state index contributed by atoms with van der Waals surface area (Å²) in [4.78, 5) is 25.9. The molecule has 1 saturated carbocycles. The topological polar surface area (TPSA) is 99.2 Å². The van der Waals surface area contributed by atoms with E-state index < -0.39 is 5.97 Å². The maximum absolute atomic E-state index is 13.2. The molecular formula is C23H25FN4O3. The van der Waals surface area contributed by atoms with Gasteiger partial charge in [-0.15, -0.1) is 0 Å². The Bertz CT molecular complexity index is 1020. The van der Waals surface area contributed by atoms with E-state index in [1.165, 1.54) is 12.1 Å². The zero-order valence-corrected chi connectivity index (χ0v) is 17.3. The summed E-state index contributed by atoms with van der Waals surface area (Å²) in [7, 11) is 0. The standard InChI is InChI=1S/C23H25FN4O3/c24-18-7-3-16(4-8-18)13-28-21-14-27(10-9-19(21)20(12-25)26-28)22(29)11-15-1-5-17(6-2-15)23(30)31/h3-4,7-8,15,17H,1-2,5-6,9-11,13-14H2,(H,30,31)/t15-,17-. The van der Waals surface area contributed by atoms with Crippen molar-refractivity contribution in [1.29, 1.82) is 5.26 Å². The molecule has 1 aliphatic carbocycles. The average Bonchev–Trinajstić information content (AvgIpc) is 3.12. The number of rotatable bonds is 5. The highest BCUT2D eigenvalue weighted by Gasteiger charge is 2.31. The minimum atomic E-state index is -0.740. The first kappa shape index (κ1) is 21.0. The molecule has 1 N–H and O–H groups in total. The fourth-order valence-corrected chi connectivity index (χ4v) is 4.67. The zero-order valence-electron chi connectivity index (χ0n) is 17.3. The van der Waals surface area contributed by atoms with Gasteiger partial charge in [-0.25, -0.2) is 4.39 Å². The third kappa shape index (κ3) is 4.61. The molecule has 162 valence electrons. The van der Waals surface area contributed by atoms with Crippen molar-refractivity contribution in [2.45, 2.75) is 51.6 Å². The van der Waals surface area contributed by atoms with E-state index in [4.69, 9.17) is 5.11 Å². The van der Waals surface area contributed by atoms with E-state index in [0.29, 0.717) is 51.0 Å². The van der Waals surface area contributed by atoms with Gasteiger partial charge in [0, 0.05) is 18.5 Å². The van der Waals surface area contributed by atoms with Gasteiger partial charge in [-0.2, -0.15) is 10.4 Å². The van der Waals surface area contributed by atoms with Crippen molar-refractivity contribution in [2.24, 2.45) is 11.8 Å². The van der Waals surface area contributed by atoms with Crippen LogP contribution in [0.5, 0.6) is 0 Å². The van der Waals surface area contributed by atoms with Gasteiger partial charge < -0.3 is 10.0 Å². The molecule has 0 spiro atoms. The number of amides is 1. The number of aliphatic carboxylic acids is 1. The normalized spacial score (nSPS) is 20.7. The van der Waals surface area contributed by atoms with Crippen LogP contribution in [0.25, 0.3) is 0 Å². The van der Waals surface area contributed by atoms with Crippen LogP contribution in [0.1, 0.15) is 54.6 Å². The van der Waals surface area contributed by atoms with E-state index in [-0.39, 0.29) is 23.6 Å². The summed E-state index contributed by atoms with van der Waals surface area (Å²) in [6, 6.07) is 8.32. The first-order chi connectivity index (χ1) is 14.9. The molecule has 7 nitrogen and oxygen atoms in total. The van der Waals surface area contributed by atoms with Crippen LogP contribution < -0.4 is 0 Å². The molecule has 1 aliphatic heterocycles. The average molecular weight is 424 g/mol. The van der Waals surface area contributed by atoms with E-state index in [0.717, 1.165) is 29.7 Å². The Hall–Kier alpha value is -3.21. The number of carboxylic acids is 1. The lowest BCUT2D eigenvalue weighted by molar-refractivity contribution is -0.143. The Labute approximate surface area is 180 Å². The predicted molar refractivity (Wildman–Crippen MR) is 109 cm³/mol. The Morgan fingerprint density at radius 2 is 1.90 bits per heavy atom. The van der Waals surface area contributed by atoms with Crippen molar-refractivity contribution in [3.8, 4) is 6.07 Å². The van der Waals surface area contributed by atoms with Crippen LogP contribution in [0.2, 0.25) is 0 Å². The van der Waals surface area contributed by atoms with Crippen molar-refractivity contribution >= 4 is 11.9 Å². The number of hydrogen-bond donors (Lipinski definition) is 1. The molecule has 0 bridgehead atoms. The van der Waals surface area contributed by atoms with Crippen LogP contribution in [0.3, 0.4) is 0 Å². The summed E-state index contributed by atoms with van der Waals surface area (Å²) in [5.74, 6) is -1.04. The number of fused-ring (bicyclic) bond motifs is 1. The Balaban J connectivity index is 1.44. The first-order valence-corrected chi connectivity index (χ1v) is 10.7. The number of hydrogen-bond acceptors (Lipinski definition) is 4. The molecule has 2 heterocycles. The fraction of sp³-hybridized carbons (Fsp3) is 0.478. The van der Waals surface area contributed by atoms with Gasteiger partial charge >= 0.3 is 5.97 Å². The molecule has 0 unspecified atom stereocenters. The van der Waals surface area contributed by atoms with E-state index >= 15 is 0 Å². The number of nitrogens with zero attached hydrogens (tertiary/aromatic N) is 4. The Morgan fingerprint density at radius 1 is 1.19 bits per heavy atom. The smallest absolute Gasteiger partial charge is 0.306 e. The fourth-order valence-electron chi connectivity index (χ4n) is 4.67. The molecule has 1 fully saturated rings. The quantitative estimate of drug-likeness (QED) is 0.795. The van der Waals surface area contributed by atoms with Crippen molar-refractivity contribution in [2.75, 3.05) is 6.54 Å². The van der Waals surface area contributed by atoms with Gasteiger partial charge in [-0.05, 0) is 55.7 Å². The lowest BCUT2D eigenvalue weighted by atomic mass is 9.80. The maximum Gasteiger partial charge on any atom is 0.306 e. The number of aromatic nitrogens is 2. The molecule has 1 amide bonds. The lowest BCUT2D eigenvalue weighted by Crippen LogP contribution is -2.38. The molecule has 0 radical (unpaired) electrons. The van der Waals surface area contributed by atoms with Crippen molar-refractivity contribution in [3.63, 3.8) is 0 Å². The third-order valence-corrected chi connectivity index (χ3v) is 6.50. The van der Waals surface area contributed by atoms with Gasteiger partial charge in [-0.3, -0.25) is 14.3 Å². The highest BCUT2D eigenvalue weighted by Crippen LogP contribution is 2.32. The monoisotopic (exact) mass is 424 g/mol. The maximum atomic E-state index is 13.2. The second-order valence-electron chi connectivity index (χ2n) is 8.50. The summed E-state index contributed by atoms with van der Waals surface area (Å²) in [6.45, 7) is 1.35. The molecule has 0 saturated heterocycles. The summed E-state index contributed by atoms with van der Waals surface area (Å²) in [5.41, 5.74) is 3.00.